The Balaban J connectivity index is 1.55. The Kier molecular flexibility index (Phi) is 3.51. The molecule has 1 aliphatic heterocycles. The normalized spacial score (nSPS) is 14.6. The van der Waals surface area contributed by atoms with Crippen LogP contribution in [0.3, 0.4) is 0 Å². The predicted octanol–water partition coefficient (Wildman–Crippen LogP) is 1.44. The molecule has 4 rings (SSSR count). The van der Waals surface area contributed by atoms with Crippen molar-refractivity contribution in [3.63, 3.8) is 0 Å². The minimum Gasteiger partial charge on any atom is -0.280 e. The summed E-state index contributed by atoms with van der Waals surface area (Å²) in [5, 5.41) is 8.00. The summed E-state index contributed by atoms with van der Waals surface area (Å²) in [7, 11) is 0. The molecule has 23 heavy (non-hydrogen) atoms. The number of rotatable bonds is 3. The molecule has 1 aromatic heterocycles. The van der Waals surface area contributed by atoms with E-state index < -0.39 is 0 Å². The SMILES string of the molecule is O=c1n(CN2CCc3ccccc3C2)nnn1-c1ccccc1. The average molecular weight is 307 g/mol. The quantitative estimate of drug-likeness (QED) is 0.735. The number of benzene rings is 2. The Morgan fingerprint density at radius 3 is 2.48 bits per heavy atom. The van der Waals surface area contributed by atoms with Gasteiger partial charge in [0.1, 0.15) is 6.67 Å². The van der Waals surface area contributed by atoms with Crippen LogP contribution in [0.25, 0.3) is 5.69 Å². The fourth-order valence-corrected chi connectivity index (χ4v) is 2.96. The molecule has 6 nitrogen and oxygen atoms in total. The van der Waals surface area contributed by atoms with Crippen LogP contribution >= 0.6 is 0 Å². The third-order valence-corrected chi connectivity index (χ3v) is 4.18. The molecule has 0 spiro atoms. The number of tetrazole rings is 1. The second kappa shape index (κ2) is 5.81. The van der Waals surface area contributed by atoms with Gasteiger partial charge in [-0.15, -0.1) is 0 Å². The first-order valence-electron chi connectivity index (χ1n) is 7.68. The maximum atomic E-state index is 12.5. The topological polar surface area (TPSA) is 56.0 Å². The average Bonchev–Trinajstić information content (AvgIpc) is 2.96. The van der Waals surface area contributed by atoms with E-state index in [1.165, 1.54) is 20.5 Å². The van der Waals surface area contributed by atoms with Gasteiger partial charge in [0.2, 0.25) is 0 Å². The van der Waals surface area contributed by atoms with Crippen molar-refractivity contribution < 1.29 is 0 Å². The van der Waals surface area contributed by atoms with Crippen LogP contribution in [0.4, 0.5) is 0 Å². The molecule has 0 N–H and O–H groups in total. The van der Waals surface area contributed by atoms with Crippen LogP contribution in [0.2, 0.25) is 0 Å². The molecule has 2 aromatic carbocycles. The zero-order chi connectivity index (χ0) is 15.6. The Morgan fingerprint density at radius 2 is 1.65 bits per heavy atom. The number of para-hydroxylation sites is 1. The van der Waals surface area contributed by atoms with Gasteiger partial charge in [-0.25, -0.2) is 4.79 Å². The van der Waals surface area contributed by atoms with E-state index in [4.69, 9.17) is 0 Å². The summed E-state index contributed by atoms with van der Waals surface area (Å²) in [6, 6.07) is 17.8. The smallest absolute Gasteiger partial charge is 0.280 e. The van der Waals surface area contributed by atoms with E-state index >= 15 is 0 Å². The largest absolute Gasteiger partial charge is 0.369 e. The van der Waals surface area contributed by atoms with Gasteiger partial charge in [0, 0.05) is 13.1 Å². The van der Waals surface area contributed by atoms with Crippen molar-refractivity contribution in [3.05, 3.63) is 76.2 Å². The first-order valence-corrected chi connectivity index (χ1v) is 7.68. The van der Waals surface area contributed by atoms with E-state index in [2.05, 4.69) is 39.6 Å². The zero-order valence-corrected chi connectivity index (χ0v) is 12.7. The second-order valence-electron chi connectivity index (χ2n) is 5.72. The summed E-state index contributed by atoms with van der Waals surface area (Å²) in [5.41, 5.74) is 3.23. The van der Waals surface area contributed by atoms with Crippen LogP contribution in [-0.4, -0.2) is 31.2 Å². The van der Waals surface area contributed by atoms with Crippen LogP contribution in [-0.2, 0) is 19.6 Å². The van der Waals surface area contributed by atoms with E-state index in [1.807, 2.05) is 30.3 Å². The lowest BCUT2D eigenvalue weighted by Crippen LogP contribution is -2.36. The minimum atomic E-state index is -0.213. The van der Waals surface area contributed by atoms with Crippen molar-refractivity contribution in [2.24, 2.45) is 0 Å². The van der Waals surface area contributed by atoms with Crippen molar-refractivity contribution in [2.45, 2.75) is 19.6 Å². The standard InChI is InChI=1S/C17H17N5O/c23-17-21(18-19-22(17)16-8-2-1-3-9-16)13-20-11-10-14-6-4-5-7-15(14)12-20/h1-9H,10-13H2. The zero-order valence-electron chi connectivity index (χ0n) is 12.7. The van der Waals surface area contributed by atoms with Crippen LogP contribution in [0.15, 0.2) is 59.4 Å². The molecule has 0 unspecified atom stereocenters. The van der Waals surface area contributed by atoms with Crippen LogP contribution in [0, 0.1) is 0 Å². The lowest BCUT2D eigenvalue weighted by atomic mass is 10.0. The molecular weight excluding hydrogens is 290 g/mol. The molecule has 6 heteroatoms. The monoisotopic (exact) mass is 307 g/mol. The molecule has 0 bridgehead atoms. The first-order chi connectivity index (χ1) is 11.3. The van der Waals surface area contributed by atoms with E-state index in [0.717, 1.165) is 25.2 Å². The van der Waals surface area contributed by atoms with Gasteiger partial charge >= 0.3 is 5.69 Å². The Labute approximate surface area is 133 Å². The summed E-state index contributed by atoms with van der Waals surface area (Å²) in [4.78, 5) is 14.7. The number of hydrogen-bond donors (Lipinski definition) is 0. The molecule has 0 aliphatic carbocycles. The fraction of sp³-hybridized carbons (Fsp3) is 0.235. The molecule has 0 radical (unpaired) electrons. The lowest BCUT2D eigenvalue weighted by molar-refractivity contribution is 0.185. The maximum Gasteiger partial charge on any atom is 0.369 e. The molecule has 0 saturated heterocycles. The molecule has 116 valence electrons. The Hall–Kier alpha value is -2.73. The van der Waals surface area contributed by atoms with Gasteiger partial charge in [-0.3, -0.25) is 4.90 Å². The van der Waals surface area contributed by atoms with Gasteiger partial charge in [-0.1, -0.05) is 42.5 Å². The lowest BCUT2D eigenvalue weighted by Gasteiger charge is -2.27. The van der Waals surface area contributed by atoms with Crippen molar-refractivity contribution in [1.29, 1.82) is 0 Å². The van der Waals surface area contributed by atoms with Gasteiger partial charge < -0.3 is 0 Å². The van der Waals surface area contributed by atoms with Gasteiger partial charge in [0.15, 0.2) is 0 Å². The van der Waals surface area contributed by atoms with Crippen LogP contribution < -0.4 is 5.69 Å². The van der Waals surface area contributed by atoms with Crippen LogP contribution in [0.1, 0.15) is 11.1 Å². The highest BCUT2D eigenvalue weighted by atomic mass is 16.2. The van der Waals surface area contributed by atoms with Gasteiger partial charge in [-0.05, 0) is 40.1 Å². The number of hydrogen-bond acceptors (Lipinski definition) is 4. The Morgan fingerprint density at radius 1 is 0.913 bits per heavy atom. The first kappa shape index (κ1) is 13.9. The highest BCUT2D eigenvalue weighted by Crippen LogP contribution is 2.18. The van der Waals surface area contributed by atoms with Gasteiger partial charge in [0.25, 0.3) is 0 Å². The molecule has 0 saturated carbocycles. The molecule has 0 fully saturated rings. The summed E-state index contributed by atoms with van der Waals surface area (Å²) in [6.07, 6.45) is 0.998. The van der Waals surface area contributed by atoms with Crippen LogP contribution in [0.5, 0.6) is 0 Å². The third kappa shape index (κ3) is 2.68. The minimum absolute atomic E-state index is 0.213. The molecular formula is C17H17N5O. The van der Waals surface area contributed by atoms with Crippen molar-refractivity contribution in [3.8, 4) is 5.69 Å². The van der Waals surface area contributed by atoms with Gasteiger partial charge in [0.05, 0.1) is 5.69 Å². The summed E-state index contributed by atoms with van der Waals surface area (Å²) in [5.74, 6) is 0. The van der Waals surface area contributed by atoms with Crippen molar-refractivity contribution in [2.75, 3.05) is 6.54 Å². The van der Waals surface area contributed by atoms with E-state index in [0.29, 0.717) is 6.67 Å². The number of nitrogens with zero attached hydrogens (tertiary/aromatic N) is 5. The van der Waals surface area contributed by atoms with Gasteiger partial charge in [-0.2, -0.15) is 9.36 Å². The molecule has 1 aliphatic rings. The number of fused-ring (bicyclic) bond motifs is 1. The fourth-order valence-electron chi connectivity index (χ4n) is 2.96. The highest BCUT2D eigenvalue weighted by Gasteiger charge is 2.18. The van der Waals surface area contributed by atoms with E-state index in [-0.39, 0.29) is 5.69 Å². The molecule has 2 heterocycles. The second-order valence-corrected chi connectivity index (χ2v) is 5.72. The molecule has 0 atom stereocenters. The summed E-state index contributed by atoms with van der Waals surface area (Å²) < 4.78 is 2.75. The third-order valence-electron chi connectivity index (χ3n) is 4.18. The van der Waals surface area contributed by atoms with E-state index in [1.54, 1.807) is 0 Å². The summed E-state index contributed by atoms with van der Waals surface area (Å²) >= 11 is 0. The molecule has 3 aromatic rings. The highest BCUT2D eigenvalue weighted by molar-refractivity contribution is 5.29. The summed E-state index contributed by atoms with van der Waals surface area (Å²) in [6.45, 7) is 2.21. The van der Waals surface area contributed by atoms with Crippen molar-refractivity contribution >= 4 is 0 Å². The predicted molar refractivity (Wildman–Crippen MR) is 86.2 cm³/mol. The van der Waals surface area contributed by atoms with Crippen molar-refractivity contribution in [1.82, 2.24) is 24.7 Å². The molecule has 0 amide bonds. The maximum absolute atomic E-state index is 12.5. The number of aromatic nitrogens is 4. The van der Waals surface area contributed by atoms with E-state index in [9.17, 15) is 4.79 Å². The Bertz CT molecular complexity index is 868.